The number of hydrogen-bond donors (Lipinski definition) is 3. The van der Waals surface area contributed by atoms with Crippen molar-refractivity contribution in [1.29, 1.82) is 0 Å². The van der Waals surface area contributed by atoms with Crippen LogP contribution in [-0.2, 0) is 0 Å². The predicted molar refractivity (Wildman–Crippen MR) is 69.7 cm³/mol. The number of carboxylic acids is 1. The zero-order chi connectivity index (χ0) is 13.8. The van der Waals surface area contributed by atoms with Gasteiger partial charge in [-0.15, -0.1) is 0 Å². The molecular weight excluding hydrogens is 248 g/mol. The molecule has 0 radical (unpaired) electrons. The number of aromatic nitrogens is 2. The van der Waals surface area contributed by atoms with Gasteiger partial charge in [0.25, 0.3) is 0 Å². The number of nitrogen functional groups attached to an aromatic ring is 1. The lowest BCUT2D eigenvalue weighted by Crippen LogP contribution is -2.04. The van der Waals surface area contributed by atoms with Crippen molar-refractivity contribution < 1.29 is 14.6 Å². The molecule has 0 aliphatic heterocycles. The van der Waals surface area contributed by atoms with Crippen molar-refractivity contribution >= 4 is 23.2 Å². The second kappa shape index (κ2) is 5.21. The summed E-state index contributed by atoms with van der Waals surface area (Å²) >= 11 is 0. The smallest absolute Gasteiger partial charge is 0.337 e. The summed E-state index contributed by atoms with van der Waals surface area (Å²) in [6.07, 6.45) is 2.79. The summed E-state index contributed by atoms with van der Waals surface area (Å²) in [6, 6.07) is 4.77. The Hall–Kier alpha value is -2.83. The summed E-state index contributed by atoms with van der Waals surface area (Å²) in [5.41, 5.74) is 6.68. The van der Waals surface area contributed by atoms with Crippen molar-refractivity contribution in [1.82, 2.24) is 9.97 Å². The third-order valence-electron chi connectivity index (χ3n) is 2.37. The van der Waals surface area contributed by atoms with E-state index in [1.165, 1.54) is 19.4 Å². The first-order valence-corrected chi connectivity index (χ1v) is 5.36. The fourth-order valence-electron chi connectivity index (χ4n) is 1.41. The molecule has 0 unspecified atom stereocenters. The minimum absolute atomic E-state index is 0.0379. The van der Waals surface area contributed by atoms with Crippen LogP contribution in [0.3, 0.4) is 0 Å². The molecule has 7 nitrogen and oxygen atoms in total. The van der Waals surface area contributed by atoms with E-state index in [0.29, 0.717) is 17.4 Å². The molecule has 0 aliphatic rings. The fraction of sp³-hybridized carbons (Fsp3) is 0.0833. The number of aromatic carboxylic acids is 1. The SMILES string of the molecule is COc1ccc(Nc2ncc(C(=O)O)cc2N)cn1. The molecule has 4 N–H and O–H groups in total. The average molecular weight is 260 g/mol. The molecule has 0 saturated carbocycles. The highest BCUT2D eigenvalue weighted by Gasteiger charge is 2.08. The van der Waals surface area contributed by atoms with E-state index in [0.717, 1.165) is 0 Å². The Morgan fingerprint density at radius 3 is 2.68 bits per heavy atom. The number of pyridine rings is 2. The zero-order valence-electron chi connectivity index (χ0n) is 10.1. The first kappa shape index (κ1) is 12.6. The van der Waals surface area contributed by atoms with E-state index in [9.17, 15) is 4.79 Å². The molecule has 0 aromatic carbocycles. The number of nitrogens with two attached hydrogens (primary N) is 1. The normalized spacial score (nSPS) is 9.95. The number of methoxy groups -OCH3 is 1. The van der Waals surface area contributed by atoms with Crippen LogP contribution in [-0.4, -0.2) is 28.2 Å². The van der Waals surface area contributed by atoms with Gasteiger partial charge in [0.05, 0.1) is 30.2 Å². The molecule has 2 heterocycles. The number of ether oxygens (including phenoxy) is 1. The standard InChI is InChI=1S/C12H12N4O3/c1-19-10-3-2-8(6-14-10)16-11-9(13)4-7(5-15-11)12(17)18/h2-6H,13H2,1H3,(H,15,16)(H,17,18). The predicted octanol–water partition coefficient (Wildman–Crippen LogP) is 1.51. The Morgan fingerprint density at radius 2 is 2.16 bits per heavy atom. The monoisotopic (exact) mass is 260 g/mol. The number of carbonyl (C=O) groups is 1. The van der Waals surface area contributed by atoms with Crippen LogP contribution in [0.5, 0.6) is 5.88 Å². The summed E-state index contributed by atoms with van der Waals surface area (Å²) in [7, 11) is 1.53. The van der Waals surface area contributed by atoms with Crippen molar-refractivity contribution in [3.63, 3.8) is 0 Å². The molecular formula is C12H12N4O3. The van der Waals surface area contributed by atoms with Gasteiger partial charge >= 0.3 is 5.97 Å². The Bertz CT molecular complexity index is 598. The van der Waals surface area contributed by atoms with E-state index in [1.54, 1.807) is 18.3 Å². The van der Waals surface area contributed by atoms with E-state index in [2.05, 4.69) is 15.3 Å². The van der Waals surface area contributed by atoms with Crippen LogP contribution >= 0.6 is 0 Å². The van der Waals surface area contributed by atoms with Crippen LogP contribution in [0.1, 0.15) is 10.4 Å². The van der Waals surface area contributed by atoms with Crippen LogP contribution < -0.4 is 15.8 Å². The van der Waals surface area contributed by atoms with Crippen molar-refractivity contribution in [2.75, 3.05) is 18.2 Å². The maximum Gasteiger partial charge on any atom is 0.337 e. The van der Waals surface area contributed by atoms with E-state index in [-0.39, 0.29) is 11.3 Å². The highest BCUT2D eigenvalue weighted by molar-refractivity contribution is 5.89. The van der Waals surface area contributed by atoms with Gasteiger partial charge < -0.3 is 20.9 Å². The van der Waals surface area contributed by atoms with Crippen molar-refractivity contribution in [3.8, 4) is 5.88 Å². The van der Waals surface area contributed by atoms with Crippen LogP contribution in [0.25, 0.3) is 0 Å². The van der Waals surface area contributed by atoms with Gasteiger partial charge in [0.2, 0.25) is 5.88 Å². The van der Waals surface area contributed by atoms with Crippen LogP contribution in [0.2, 0.25) is 0 Å². The maximum absolute atomic E-state index is 10.8. The molecule has 2 aromatic heterocycles. The Kier molecular flexibility index (Phi) is 3.46. The van der Waals surface area contributed by atoms with Gasteiger partial charge in [0.15, 0.2) is 5.82 Å². The van der Waals surface area contributed by atoms with E-state index >= 15 is 0 Å². The van der Waals surface area contributed by atoms with Gasteiger partial charge in [-0.1, -0.05) is 0 Å². The fourth-order valence-corrected chi connectivity index (χ4v) is 1.41. The van der Waals surface area contributed by atoms with E-state index < -0.39 is 5.97 Å². The van der Waals surface area contributed by atoms with Crippen molar-refractivity contribution in [3.05, 3.63) is 36.2 Å². The minimum atomic E-state index is -1.07. The largest absolute Gasteiger partial charge is 0.481 e. The second-order valence-electron chi connectivity index (χ2n) is 3.68. The minimum Gasteiger partial charge on any atom is -0.481 e. The van der Waals surface area contributed by atoms with Crippen molar-refractivity contribution in [2.24, 2.45) is 0 Å². The maximum atomic E-state index is 10.8. The number of nitrogens with one attached hydrogen (secondary N) is 1. The Labute approximate surface area is 109 Å². The highest BCUT2D eigenvalue weighted by Crippen LogP contribution is 2.21. The summed E-state index contributed by atoms with van der Waals surface area (Å²) in [5, 5.41) is 11.8. The molecule has 0 aliphatic carbocycles. The lowest BCUT2D eigenvalue weighted by Gasteiger charge is -2.08. The molecule has 7 heteroatoms. The molecule has 0 spiro atoms. The number of hydrogen-bond acceptors (Lipinski definition) is 6. The second-order valence-corrected chi connectivity index (χ2v) is 3.68. The number of rotatable bonds is 4. The highest BCUT2D eigenvalue weighted by atomic mass is 16.5. The van der Waals surface area contributed by atoms with Crippen molar-refractivity contribution in [2.45, 2.75) is 0 Å². The van der Waals surface area contributed by atoms with Gasteiger partial charge in [-0.25, -0.2) is 14.8 Å². The molecule has 19 heavy (non-hydrogen) atoms. The van der Waals surface area contributed by atoms with Gasteiger partial charge in [-0.3, -0.25) is 0 Å². The summed E-state index contributed by atoms with van der Waals surface area (Å²) in [5.74, 6) is -0.207. The van der Waals surface area contributed by atoms with Gasteiger partial charge in [-0.2, -0.15) is 0 Å². The first-order valence-electron chi connectivity index (χ1n) is 5.36. The quantitative estimate of drug-likeness (QED) is 0.764. The van der Waals surface area contributed by atoms with E-state index in [4.69, 9.17) is 15.6 Å². The molecule has 2 rings (SSSR count). The van der Waals surface area contributed by atoms with E-state index in [1.807, 2.05) is 0 Å². The lowest BCUT2D eigenvalue weighted by atomic mass is 10.2. The van der Waals surface area contributed by atoms with Crippen LogP contribution in [0.4, 0.5) is 17.2 Å². The number of carboxylic acid groups (broad SMARTS) is 1. The molecule has 98 valence electrons. The third kappa shape index (κ3) is 2.89. The average Bonchev–Trinajstić information content (AvgIpc) is 2.41. The van der Waals surface area contributed by atoms with Crippen LogP contribution in [0, 0.1) is 0 Å². The lowest BCUT2D eigenvalue weighted by molar-refractivity contribution is 0.0696. The molecule has 0 fully saturated rings. The summed E-state index contributed by atoms with van der Waals surface area (Å²) in [4.78, 5) is 18.7. The van der Waals surface area contributed by atoms with Crippen LogP contribution in [0.15, 0.2) is 30.6 Å². The molecule has 0 bridgehead atoms. The summed E-state index contributed by atoms with van der Waals surface area (Å²) < 4.78 is 4.94. The molecule has 0 amide bonds. The Balaban J connectivity index is 2.20. The molecule has 2 aromatic rings. The molecule has 0 saturated heterocycles. The third-order valence-corrected chi connectivity index (χ3v) is 2.37. The number of nitrogens with zero attached hydrogens (tertiary/aromatic N) is 2. The van der Waals surface area contributed by atoms with Gasteiger partial charge in [0.1, 0.15) is 0 Å². The van der Waals surface area contributed by atoms with Gasteiger partial charge in [-0.05, 0) is 12.1 Å². The number of anilines is 3. The topological polar surface area (TPSA) is 110 Å². The zero-order valence-corrected chi connectivity index (χ0v) is 10.1. The summed E-state index contributed by atoms with van der Waals surface area (Å²) in [6.45, 7) is 0. The van der Waals surface area contributed by atoms with Gasteiger partial charge in [0, 0.05) is 12.3 Å². The molecule has 0 atom stereocenters. The Morgan fingerprint density at radius 1 is 1.37 bits per heavy atom. The first-order chi connectivity index (χ1) is 9.10.